The van der Waals surface area contributed by atoms with Crippen LogP contribution in [0.5, 0.6) is 0 Å². The third-order valence-electron chi connectivity index (χ3n) is 2.04. The van der Waals surface area contributed by atoms with Crippen molar-refractivity contribution in [3.05, 3.63) is 12.7 Å². The van der Waals surface area contributed by atoms with Gasteiger partial charge in [-0.25, -0.2) is 0 Å². The summed E-state index contributed by atoms with van der Waals surface area (Å²) in [5.41, 5.74) is 0. The van der Waals surface area contributed by atoms with E-state index in [-0.39, 0.29) is 6.10 Å². The van der Waals surface area contributed by atoms with Crippen LogP contribution in [0.4, 0.5) is 0 Å². The van der Waals surface area contributed by atoms with E-state index in [1.54, 1.807) is 6.08 Å². The highest BCUT2D eigenvalue weighted by Crippen LogP contribution is 2.34. The van der Waals surface area contributed by atoms with Crippen molar-refractivity contribution in [1.82, 2.24) is 0 Å². The first-order valence-corrected chi connectivity index (χ1v) is 4.12. The van der Waals surface area contributed by atoms with Crippen molar-refractivity contribution in [2.45, 2.75) is 38.2 Å². The highest BCUT2D eigenvalue weighted by molar-refractivity contribution is 4.77. The van der Waals surface area contributed by atoms with Gasteiger partial charge in [0.25, 0.3) is 0 Å². The maximum absolute atomic E-state index is 9.25. The van der Waals surface area contributed by atoms with Gasteiger partial charge < -0.3 is 5.11 Å². The number of aliphatic hydroxyl groups is 1. The van der Waals surface area contributed by atoms with Crippen LogP contribution in [0.25, 0.3) is 0 Å². The first-order valence-electron chi connectivity index (χ1n) is 4.12. The Morgan fingerprint density at radius 1 is 1.60 bits per heavy atom. The Morgan fingerprint density at radius 2 is 2.30 bits per heavy atom. The molecule has 1 heteroatoms. The quantitative estimate of drug-likeness (QED) is 0.580. The number of hydrogen-bond acceptors (Lipinski definition) is 1. The van der Waals surface area contributed by atoms with Crippen LogP contribution >= 0.6 is 0 Å². The molecule has 1 rings (SSSR count). The Kier molecular flexibility index (Phi) is 2.94. The largest absolute Gasteiger partial charge is 0.393 e. The van der Waals surface area contributed by atoms with Crippen molar-refractivity contribution < 1.29 is 5.11 Å². The van der Waals surface area contributed by atoms with Crippen LogP contribution in [0.15, 0.2) is 12.7 Å². The fraction of sp³-hybridized carbons (Fsp3) is 0.778. The van der Waals surface area contributed by atoms with E-state index in [1.165, 1.54) is 19.3 Å². The molecule has 0 saturated heterocycles. The van der Waals surface area contributed by atoms with Crippen LogP contribution in [0.3, 0.4) is 0 Å². The van der Waals surface area contributed by atoms with Gasteiger partial charge in [0.05, 0.1) is 6.10 Å². The summed E-state index contributed by atoms with van der Waals surface area (Å²) in [4.78, 5) is 0. The standard InChI is InChI=1S/C9H16O/c1-2-3-9(10)7-6-8-4-5-8/h2,8-10H,1,3-7H2. The summed E-state index contributed by atoms with van der Waals surface area (Å²) in [6.45, 7) is 3.58. The molecule has 1 atom stereocenters. The highest BCUT2D eigenvalue weighted by Gasteiger charge is 2.21. The molecule has 1 aliphatic rings. The van der Waals surface area contributed by atoms with Gasteiger partial charge >= 0.3 is 0 Å². The lowest BCUT2D eigenvalue weighted by Crippen LogP contribution is -2.04. The van der Waals surface area contributed by atoms with Gasteiger partial charge in [-0.3, -0.25) is 0 Å². The summed E-state index contributed by atoms with van der Waals surface area (Å²) < 4.78 is 0. The molecule has 1 nitrogen and oxygen atoms in total. The van der Waals surface area contributed by atoms with Crippen molar-refractivity contribution in [1.29, 1.82) is 0 Å². The lowest BCUT2D eigenvalue weighted by Gasteiger charge is -2.05. The molecule has 1 saturated carbocycles. The van der Waals surface area contributed by atoms with E-state index < -0.39 is 0 Å². The van der Waals surface area contributed by atoms with Crippen LogP contribution < -0.4 is 0 Å². The topological polar surface area (TPSA) is 20.2 Å². The van der Waals surface area contributed by atoms with Gasteiger partial charge in [0.1, 0.15) is 0 Å². The molecule has 0 radical (unpaired) electrons. The number of hydrogen-bond donors (Lipinski definition) is 1. The minimum absolute atomic E-state index is 0.127. The third-order valence-corrected chi connectivity index (χ3v) is 2.04. The monoisotopic (exact) mass is 140 g/mol. The maximum Gasteiger partial charge on any atom is 0.0574 e. The molecule has 0 aromatic rings. The van der Waals surface area contributed by atoms with E-state index >= 15 is 0 Å². The zero-order chi connectivity index (χ0) is 7.40. The summed E-state index contributed by atoms with van der Waals surface area (Å²) in [5.74, 6) is 0.944. The van der Waals surface area contributed by atoms with Crippen molar-refractivity contribution in [3.8, 4) is 0 Å². The second kappa shape index (κ2) is 3.77. The molecule has 0 aromatic heterocycles. The second-order valence-corrected chi connectivity index (χ2v) is 3.20. The Bertz CT molecular complexity index is 105. The Labute approximate surface area is 62.8 Å². The van der Waals surface area contributed by atoms with Gasteiger partial charge in [-0.1, -0.05) is 18.9 Å². The molecule has 0 amide bonds. The van der Waals surface area contributed by atoms with E-state index in [4.69, 9.17) is 0 Å². The lowest BCUT2D eigenvalue weighted by atomic mass is 10.1. The summed E-state index contributed by atoms with van der Waals surface area (Å²) in [5, 5.41) is 9.25. The number of rotatable bonds is 5. The maximum atomic E-state index is 9.25. The average Bonchev–Trinajstić information content (AvgIpc) is 2.67. The molecule has 1 unspecified atom stereocenters. The normalized spacial score (nSPS) is 20.5. The molecule has 0 spiro atoms. The molecule has 10 heavy (non-hydrogen) atoms. The van der Waals surface area contributed by atoms with Gasteiger partial charge in [0.15, 0.2) is 0 Å². The molecule has 0 aliphatic heterocycles. The summed E-state index contributed by atoms with van der Waals surface area (Å²) in [7, 11) is 0. The van der Waals surface area contributed by atoms with Crippen molar-refractivity contribution in [3.63, 3.8) is 0 Å². The van der Waals surface area contributed by atoms with Gasteiger partial charge in [0, 0.05) is 0 Å². The molecule has 58 valence electrons. The Morgan fingerprint density at radius 3 is 2.80 bits per heavy atom. The van der Waals surface area contributed by atoms with E-state index in [2.05, 4.69) is 6.58 Å². The molecule has 1 fully saturated rings. The zero-order valence-electron chi connectivity index (χ0n) is 6.42. The van der Waals surface area contributed by atoms with Crippen LogP contribution in [0.1, 0.15) is 32.1 Å². The minimum Gasteiger partial charge on any atom is -0.393 e. The second-order valence-electron chi connectivity index (χ2n) is 3.20. The van der Waals surface area contributed by atoms with Crippen LogP contribution in [0.2, 0.25) is 0 Å². The van der Waals surface area contributed by atoms with Gasteiger partial charge in [-0.15, -0.1) is 6.58 Å². The first kappa shape index (κ1) is 7.80. The van der Waals surface area contributed by atoms with Gasteiger partial charge in [-0.2, -0.15) is 0 Å². The van der Waals surface area contributed by atoms with Gasteiger partial charge in [0.2, 0.25) is 0 Å². The van der Waals surface area contributed by atoms with E-state index in [9.17, 15) is 5.11 Å². The van der Waals surface area contributed by atoms with Crippen LogP contribution in [0, 0.1) is 5.92 Å². The van der Waals surface area contributed by atoms with Crippen molar-refractivity contribution in [2.75, 3.05) is 0 Å². The predicted molar refractivity (Wildman–Crippen MR) is 42.8 cm³/mol. The summed E-state index contributed by atoms with van der Waals surface area (Å²) in [6.07, 6.45) is 7.38. The van der Waals surface area contributed by atoms with E-state index in [0.717, 1.165) is 18.8 Å². The zero-order valence-corrected chi connectivity index (χ0v) is 6.42. The average molecular weight is 140 g/mol. The fourth-order valence-corrected chi connectivity index (χ4v) is 1.14. The molecular weight excluding hydrogens is 124 g/mol. The Balaban J connectivity index is 1.93. The summed E-state index contributed by atoms with van der Waals surface area (Å²) in [6, 6.07) is 0. The molecule has 1 N–H and O–H groups in total. The van der Waals surface area contributed by atoms with Crippen molar-refractivity contribution in [2.24, 2.45) is 5.92 Å². The lowest BCUT2D eigenvalue weighted by molar-refractivity contribution is 0.163. The minimum atomic E-state index is -0.127. The molecule has 0 bridgehead atoms. The molecule has 1 aliphatic carbocycles. The number of aliphatic hydroxyl groups excluding tert-OH is 1. The van der Waals surface area contributed by atoms with Gasteiger partial charge in [-0.05, 0) is 25.2 Å². The molecule has 0 aromatic carbocycles. The van der Waals surface area contributed by atoms with E-state index in [0.29, 0.717) is 0 Å². The fourth-order valence-electron chi connectivity index (χ4n) is 1.14. The highest BCUT2D eigenvalue weighted by atomic mass is 16.3. The van der Waals surface area contributed by atoms with E-state index in [1.807, 2.05) is 0 Å². The molecular formula is C9H16O. The SMILES string of the molecule is C=CCC(O)CCC1CC1. The summed E-state index contributed by atoms with van der Waals surface area (Å²) >= 11 is 0. The molecule has 0 heterocycles. The Hall–Kier alpha value is -0.300. The smallest absolute Gasteiger partial charge is 0.0574 e. The third kappa shape index (κ3) is 3.02. The predicted octanol–water partition coefficient (Wildman–Crippen LogP) is 2.11. The van der Waals surface area contributed by atoms with Crippen LogP contribution in [-0.4, -0.2) is 11.2 Å². The van der Waals surface area contributed by atoms with Crippen LogP contribution in [-0.2, 0) is 0 Å². The van der Waals surface area contributed by atoms with Crippen molar-refractivity contribution >= 4 is 0 Å². The first-order chi connectivity index (χ1) is 4.83.